The first kappa shape index (κ1) is 11.7. The number of nitrogen functional groups attached to an aromatic ring is 1. The number of hydrogen-bond acceptors (Lipinski definition) is 6. The number of nitrogens with zero attached hydrogens (tertiary/aromatic N) is 3. The molecule has 0 aliphatic rings. The summed E-state index contributed by atoms with van der Waals surface area (Å²) >= 11 is 0. The van der Waals surface area contributed by atoms with E-state index in [1.54, 1.807) is 24.4 Å². The van der Waals surface area contributed by atoms with Crippen molar-refractivity contribution < 1.29 is 4.74 Å². The number of benzene rings is 1. The van der Waals surface area contributed by atoms with E-state index in [0.29, 0.717) is 28.6 Å². The molecule has 0 aliphatic carbocycles. The minimum Gasteiger partial charge on any atom is -0.495 e. The highest BCUT2D eigenvalue weighted by molar-refractivity contribution is 5.65. The highest BCUT2D eigenvalue weighted by atomic mass is 16.5. The first-order valence-electron chi connectivity index (χ1n) is 5.15. The Morgan fingerprint density at radius 1 is 1.39 bits per heavy atom. The maximum absolute atomic E-state index is 8.81. The highest BCUT2D eigenvalue weighted by Crippen LogP contribution is 2.27. The van der Waals surface area contributed by atoms with Crippen molar-refractivity contribution in [2.24, 2.45) is 0 Å². The zero-order chi connectivity index (χ0) is 13.0. The van der Waals surface area contributed by atoms with Gasteiger partial charge in [0.25, 0.3) is 0 Å². The second kappa shape index (κ2) is 5.01. The molecule has 1 aromatic heterocycles. The fourth-order valence-corrected chi connectivity index (χ4v) is 1.44. The Morgan fingerprint density at radius 3 is 2.89 bits per heavy atom. The van der Waals surface area contributed by atoms with E-state index in [-0.39, 0.29) is 0 Å². The van der Waals surface area contributed by atoms with E-state index in [4.69, 9.17) is 15.7 Å². The van der Waals surface area contributed by atoms with Gasteiger partial charge in [0, 0.05) is 6.07 Å². The van der Waals surface area contributed by atoms with Gasteiger partial charge in [-0.1, -0.05) is 0 Å². The summed E-state index contributed by atoms with van der Waals surface area (Å²) in [5.41, 5.74) is 6.76. The SMILES string of the molecule is COc1cc(C#N)ccc1Nc1cncc(N)n1. The molecule has 0 radical (unpaired) electrons. The third kappa shape index (κ3) is 2.47. The lowest BCUT2D eigenvalue weighted by atomic mass is 10.2. The third-order valence-electron chi connectivity index (χ3n) is 2.25. The molecular formula is C12H11N5O. The lowest BCUT2D eigenvalue weighted by molar-refractivity contribution is 0.416. The predicted octanol–water partition coefficient (Wildman–Crippen LogP) is 1.68. The molecule has 0 aliphatic heterocycles. The standard InChI is InChI=1S/C12H11N5O/c1-18-10-4-8(5-13)2-3-9(10)16-12-7-15-6-11(14)17-12/h2-4,6-7H,1H3,(H3,14,16,17). The van der Waals surface area contributed by atoms with E-state index in [1.165, 1.54) is 13.3 Å². The molecule has 90 valence electrons. The summed E-state index contributed by atoms with van der Waals surface area (Å²) in [7, 11) is 1.53. The number of nitrogens with two attached hydrogens (primary N) is 1. The number of rotatable bonds is 3. The number of aromatic nitrogens is 2. The highest BCUT2D eigenvalue weighted by Gasteiger charge is 2.05. The van der Waals surface area contributed by atoms with Crippen molar-refractivity contribution in [1.82, 2.24) is 9.97 Å². The van der Waals surface area contributed by atoms with Gasteiger partial charge in [-0.2, -0.15) is 5.26 Å². The van der Waals surface area contributed by atoms with Crippen LogP contribution in [0.4, 0.5) is 17.3 Å². The normalized spacial score (nSPS) is 9.56. The Balaban J connectivity index is 2.32. The summed E-state index contributed by atoms with van der Waals surface area (Å²) in [4.78, 5) is 8.00. The van der Waals surface area contributed by atoms with E-state index < -0.39 is 0 Å². The second-order valence-electron chi connectivity index (χ2n) is 3.48. The van der Waals surface area contributed by atoms with Gasteiger partial charge in [-0.15, -0.1) is 0 Å². The maximum Gasteiger partial charge on any atom is 0.151 e. The average molecular weight is 241 g/mol. The molecule has 0 saturated carbocycles. The lowest BCUT2D eigenvalue weighted by Crippen LogP contribution is -2.00. The molecule has 0 fully saturated rings. The molecule has 2 aromatic rings. The fourth-order valence-electron chi connectivity index (χ4n) is 1.44. The smallest absolute Gasteiger partial charge is 0.151 e. The fraction of sp³-hybridized carbons (Fsp3) is 0.0833. The number of hydrogen-bond donors (Lipinski definition) is 2. The Bertz CT molecular complexity index is 606. The van der Waals surface area contributed by atoms with Gasteiger partial charge in [-0.05, 0) is 12.1 Å². The summed E-state index contributed by atoms with van der Waals surface area (Å²) in [6.45, 7) is 0. The van der Waals surface area contributed by atoms with Crippen molar-refractivity contribution in [3.63, 3.8) is 0 Å². The van der Waals surface area contributed by atoms with Crippen LogP contribution < -0.4 is 15.8 Å². The van der Waals surface area contributed by atoms with Crippen LogP contribution in [0.5, 0.6) is 5.75 Å². The largest absolute Gasteiger partial charge is 0.495 e. The van der Waals surface area contributed by atoms with Crippen LogP contribution in [-0.4, -0.2) is 17.1 Å². The molecule has 3 N–H and O–H groups in total. The quantitative estimate of drug-likeness (QED) is 0.848. The summed E-state index contributed by atoms with van der Waals surface area (Å²) in [5.74, 6) is 1.39. The lowest BCUT2D eigenvalue weighted by Gasteiger charge is -2.10. The van der Waals surface area contributed by atoms with Gasteiger partial charge in [0.2, 0.25) is 0 Å². The topological polar surface area (TPSA) is 96.8 Å². The summed E-state index contributed by atoms with van der Waals surface area (Å²) in [6, 6.07) is 7.11. The van der Waals surface area contributed by atoms with Crippen LogP contribution in [0.1, 0.15) is 5.56 Å². The third-order valence-corrected chi connectivity index (χ3v) is 2.25. The van der Waals surface area contributed by atoms with Crippen LogP contribution in [0.3, 0.4) is 0 Å². The molecule has 1 aromatic carbocycles. The van der Waals surface area contributed by atoms with Gasteiger partial charge in [-0.3, -0.25) is 4.98 Å². The predicted molar refractivity (Wildman–Crippen MR) is 67.4 cm³/mol. The van der Waals surface area contributed by atoms with Gasteiger partial charge in [0.05, 0.1) is 36.8 Å². The van der Waals surface area contributed by atoms with Crippen molar-refractivity contribution in [2.45, 2.75) is 0 Å². The van der Waals surface area contributed by atoms with E-state index in [1.807, 2.05) is 6.07 Å². The number of methoxy groups -OCH3 is 1. The number of anilines is 3. The van der Waals surface area contributed by atoms with Crippen molar-refractivity contribution >= 4 is 17.3 Å². The first-order valence-corrected chi connectivity index (χ1v) is 5.15. The van der Waals surface area contributed by atoms with Crippen LogP contribution in [-0.2, 0) is 0 Å². The van der Waals surface area contributed by atoms with Gasteiger partial charge < -0.3 is 15.8 Å². The molecule has 0 spiro atoms. The number of nitriles is 1. The Hall–Kier alpha value is -2.81. The zero-order valence-electron chi connectivity index (χ0n) is 9.71. The Kier molecular flexibility index (Phi) is 3.25. The number of nitrogens with one attached hydrogen (secondary N) is 1. The zero-order valence-corrected chi connectivity index (χ0v) is 9.71. The van der Waals surface area contributed by atoms with Gasteiger partial charge in [0.15, 0.2) is 5.82 Å². The molecule has 0 amide bonds. The molecule has 0 atom stereocenters. The van der Waals surface area contributed by atoms with Crippen LogP contribution in [0, 0.1) is 11.3 Å². The molecule has 1 heterocycles. The van der Waals surface area contributed by atoms with Gasteiger partial charge >= 0.3 is 0 Å². The van der Waals surface area contributed by atoms with E-state index >= 15 is 0 Å². The molecular weight excluding hydrogens is 230 g/mol. The van der Waals surface area contributed by atoms with Crippen LogP contribution in [0.2, 0.25) is 0 Å². The van der Waals surface area contributed by atoms with Crippen LogP contribution in [0.25, 0.3) is 0 Å². The first-order chi connectivity index (χ1) is 8.72. The molecule has 0 unspecified atom stereocenters. The Morgan fingerprint density at radius 2 is 2.22 bits per heavy atom. The van der Waals surface area contributed by atoms with E-state index in [9.17, 15) is 0 Å². The summed E-state index contributed by atoms with van der Waals surface area (Å²) in [5, 5.41) is 11.8. The minimum absolute atomic E-state index is 0.326. The van der Waals surface area contributed by atoms with Crippen molar-refractivity contribution in [3.8, 4) is 11.8 Å². The monoisotopic (exact) mass is 241 g/mol. The minimum atomic E-state index is 0.326. The maximum atomic E-state index is 8.81. The Labute approximate surface area is 104 Å². The summed E-state index contributed by atoms with van der Waals surface area (Å²) in [6.07, 6.45) is 3.01. The summed E-state index contributed by atoms with van der Waals surface area (Å²) < 4.78 is 5.20. The van der Waals surface area contributed by atoms with Crippen molar-refractivity contribution in [1.29, 1.82) is 5.26 Å². The molecule has 2 rings (SSSR count). The van der Waals surface area contributed by atoms with Gasteiger partial charge in [0.1, 0.15) is 11.6 Å². The van der Waals surface area contributed by atoms with Gasteiger partial charge in [-0.25, -0.2) is 4.98 Å². The van der Waals surface area contributed by atoms with Crippen LogP contribution >= 0.6 is 0 Å². The molecule has 18 heavy (non-hydrogen) atoms. The number of ether oxygens (including phenoxy) is 1. The molecule has 0 saturated heterocycles. The average Bonchev–Trinajstić information content (AvgIpc) is 2.39. The van der Waals surface area contributed by atoms with Crippen molar-refractivity contribution in [3.05, 3.63) is 36.2 Å². The van der Waals surface area contributed by atoms with Crippen molar-refractivity contribution in [2.75, 3.05) is 18.2 Å². The molecule has 6 heteroatoms. The molecule has 0 bridgehead atoms. The van der Waals surface area contributed by atoms with E-state index in [2.05, 4.69) is 15.3 Å². The van der Waals surface area contributed by atoms with Crippen LogP contribution in [0.15, 0.2) is 30.6 Å². The second-order valence-corrected chi connectivity index (χ2v) is 3.48. The van der Waals surface area contributed by atoms with E-state index in [0.717, 1.165) is 0 Å². The molecule has 6 nitrogen and oxygen atoms in total.